The maximum absolute atomic E-state index is 13.5. The largest absolute Gasteiger partial charge is 0.476 e. The van der Waals surface area contributed by atoms with Gasteiger partial charge in [0, 0.05) is 185 Å². The van der Waals surface area contributed by atoms with Crippen molar-refractivity contribution in [3.8, 4) is 45.0 Å². The summed E-state index contributed by atoms with van der Waals surface area (Å²) in [6.07, 6.45) is 6.57. The molecular formula is C69H59F6Ir4N11O6-4. The molecule has 4 radical (unpaired) electrons. The topological polar surface area (TPSA) is 229 Å². The van der Waals surface area contributed by atoms with Gasteiger partial charge in [-0.25, -0.2) is 14.4 Å². The number of carboxylic acids is 3. The minimum atomic E-state index is -0.983. The first kappa shape index (κ1) is 83.2. The summed E-state index contributed by atoms with van der Waals surface area (Å²) in [6.45, 7) is 7.96. The quantitative estimate of drug-likeness (QED) is 0.0778. The molecule has 5 aromatic carbocycles. The van der Waals surface area contributed by atoms with Crippen LogP contribution >= 0.6 is 0 Å². The van der Waals surface area contributed by atoms with Gasteiger partial charge in [-0.1, -0.05) is 89.0 Å². The number of hydrogen-bond acceptors (Lipinski definition) is 11. The Balaban J connectivity index is 0.000000382. The Hall–Kier alpha value is -8.86. The van der Waals surface area contributed by atoms with Crippen molar-refractivity contribution in [3.63, 3.8) is 0 Å². The van der Waals surface area contributed by atoms with E-state index in [2.05, 4.69) is 76.9 Å². The number of hydrogen-bond donors (Lipinski definition) is 4. The molecule has 0 aliphatic heterocycles. The molecule has 0 amide bonds. The van der Waals surface area contributed by atoms with Gasteiger partial charge in [0.05, 0.1) is 0 Å². The monoisotopic (exact) mass is 2020 g/mol. The molecule has 0 fully saturated rings. The van der Waals surface area contributed by atoms with E-state index in [4.69, 9.17) is 15.3 Å². The first-order valence-electron chi connectivity index (χ1n) is 27.5. The second-order valence-corrected chi connectivity index (χ2v) is 19.6. The molecular weight excluding hydrogens is 1960 g/mol. The van der Waals surface area contributed by atoms with Crippen LogP contribution in [0.3, 0.4) is 0 Å². The summed E-state index contributed by atoms with van der Waals surface area (Å²) in [6, 6.07) is 51.6. The van der Waals surface area contributed by atoms with Gasteiger partial charge in [-0.2, -0.15) is 15.3 Å². The summed E-state index contributed by atoms with van der Waals surface area (Å²) in [4.78, 5) is 47.3. The number of aryl methyl sites for hydroxylation is 7. The molecule has 0 saturated carbocycles. The fraction of sp³-hybridized carbons (Fsp3) is 0.130. The SMILES string of the molecule is CNCc1ccnc(-c2[c-]cc(F)cc2F)c1.Cc1cc(C(=O)O)nn1C.Cc1cc(C(=O)O)nn1C.Cc1cc(C(=O)O)nn1C.Cc1ccnc(-c2[c-]cc(F)cc2F)c1.Fc1c[c-]c(-c2ccccn2)c(F)c1.[Ir].[Ir].[Ir].[Ir].[c-]1ccccc1-c1nccc2ccccc12. The van der Waals surface area contributed by atoms with E-state index in [0.717, 1.165) is 75.9 Å². The molecule has 0 unspecified atom stereocenters. The van der Waals surface area contributed by atoms with Crippen molar-refractivity contribution in [2.24, 2.45) is 21.1 Å². The van der Waals surface area contributed by atoms with Gasteiger partial charge in [0.15, 0.2) is 17.1 Å². The van der Waals surface area contributed by atoms with Crippen molar-refractivity contribution < 1.29 is 136 Å². The maximum Gasteiger partial charge on any atom is 0.356 e. The Morgan fingerprint density at radius 3 is 1.26 bits per heavy atom. The molecule has 4 N–H and O–H groups in total. The van der Waals surface area contributed by atoms with Crippen LogP contribution in [0.5, 0.6) is 0 Å². The predicted molar refractivity (Wildman–Crippen MR) is 334 cm³/mol. The Morgan fingerprint density at radius 2 is 0.875 bits per heavy atom. The van der Waals surface area contributed by atoms with Gasteiger partial charge in [-0.15, -0.1) is 72.3 Å². The average molecular weight is 2020 g/mol. The van der Waals surface area contributed by atoms with Crippen LogP contribution in [0.25, 0.3) is 55.8 Å². The Morgan fingerprint density at radius 1 is 0.458 bits per heavy atom. The van der Waals surface area contributed by atoms with Crippen molar-refractivity contribution in [1.82, 2.24) is 54.6 Å². The molecule has 0 spiro atoms. The van der Waals surface area contributed by atoms with Crippen molar-refractivity contribution in [2.45, 2.75) is 34.2 Å². The molecule has 0 bridgehead atoms. The number of carboxylic acid groups (broad SMARTS) is 3. The summed E-state index contributed by atoms with van der Waals surface area (Å²) in [5, 5.41) is 41.9. The normalized spacial score (nSPS) is 9.77. The zero-order chi connectivity index (χ0) is 67.0. The van der Waals surface area contributed by atoms with Gasteiger partial charge in [-0.05, 0) is 116 Å². The molecule has 0 aliphatic carbocycles. The second kappa shape index (κ2) is 41.2. The smallest absolute Gasteiger partial charge is 0.356 e. The van der Waals surface area contributed by atoms with E-state index in [-0.39, 0.29) is 114 Å². The van der Waals surface area contributed by atoms with Gasteiger partial charge in [-0.3, -0.25) is 40.4 Å². The van der Waals surface area contributed by atoms with Gasteiger partial charge >= 0.3 is 17.9 Å². The number of carbonyl (C=O) groups is 3. The zero-order valence-corrected chi connectivity index (χ0v) is 61.7. The number of pyridine rings is 4. The van der Waals surface area contributed by atoms with Crippen molar-refractivity contribution >= 4 is 28.7 Å². The number of aromatic nitrogens is 10. The van der Waals surface area contributed by atoms with Gasteiger partial charge in [0.1, 0.15) is 0 Å². The van der Waals surface area contributed by atoms with Gasteiger partial charge in [0.25, 0.3) is 0 Å². The summed E-state index contributed by atoms with van der Waals surface area (Å²) in [5.74, 6) is -6.81. The molecule has 17 nitrogen and oxygen atoms in total. The number of aromatic carboxylic acids is 3. The molecule has 7 heterocycles. The Kier molecular flexibility index (Phi) is 35.7. The summed E-state index contributed by atoms with van der Waals surface area (Å²) < 4.78 is 82.7. The van der Waals surface area contributed by atoms with E-state index >= 15 is 0 Å². The van der Waals surface area contributed by atoms with E-state index in [0.29, 0.717) is 23.6 Å². The van der Waals surface area contributed by atoms with Crippen LogP contribution in [0.1, 0.15) is 59.7 Å². The first-order valence-corrected chi connectivity index (χ1v) is 27.5. The first-order chi connectivity index (χ1) is 43.9. The van der Waals surface area contributed by atoms with Crippen LogP contribution in [0.2, 0.25) is 0 Å². The van der Waals surface area contributed by atoms with Gasteiger partial charge in [0.2, 0.25) is 0 Å². The van der Waals surface area contributed by atoms with Crippen molar-refractivity contribution in [3.05, 3.63) is 281 Å². The van der Waals surface area contributed by atoms with Crippen LogP contribution in [-0.4, -0.2) is 89.6 Å². The van der Waals surface area contributed by atoms with Gasteiger partial charge < -0.3 is 40.6 Å². The average Bonchev–Trinajstić information content (AvgIpc) is 1.24. The standard InChI is InChI=1S/C15H10N.C13H11F2N2.C12H8F2N.C11H6F2N.3C6H8N2O2.4Ir/c1-2-7-13(8-3-1)15-14-9-5-4-6-12(14)10-11-16-15;1-16-8-9-4-5-17-13(6-9)11-3-2-10(14)7-12(11)15;1-8-4-5-15-12(6-8)10-3-2-9(13)7-11(10)14;12-8-4-5-9(10(13)7-8)11-3-1-2-6-14-11;3*1-4-3-5(6(9)10)7-8(4)2;;;;/h1-7,9-11H;2,4-7,16H,8H2,1H3;2,4-7H,1H3;1-4,6-7H;3*3H,1-2H3,(H,9,10);;;;/q4*-1;;;;;;;. The molecule has 508 valence electrons. The van der Waals surface area contributed by atoms with E-state index in [1.165, 1.54) is 43.0 Å². The third-order valence-electron chi connectivity index (χ3n) is 12.8. The summed E-state index contributed by atoms with van der Waals surface area (Å²) in [7, 11) is 6.95. The summed E-state index contributed by atoms with van der Waals surface area (Å²) >= 11 is 0. The molecule has 96 heavy (non-hydrogen) atoms. The van der Waals surface area contributed by atoms with Crippen molar-refractivity contribution in [2.75, 3.05) is 7.05 Å². The van der Waals surface area contributed by atoms with E-state index in [1.54, 1.807) is 90.8 Å². The molecule has 0 saturated heterocycles. The third-order valence-corrected chi connectivity index (χ3v) is 12.8. The third kappa shape index (κ3) is 25.4. The van der Waals surface area contributed by atoms with Crippen LogP contribution < -0.4 is 5.32 Å². The molecule has 7 aromatic heterocycles. The van der Waals surface area contributed by atoms with Crippen LogP contribution in [0.4, 0.5) is 26.3 Å². The van der Waals surface area contributed by atoms with Crippen LogP contribution in [-0.2, 0) is 108 Å². The number of halogens is 6. The Labute approximate surface area is 603 Å². The number of nitrogens with zero attached hydrogens (tertiary/aromatic N) is 10. The van der Waals surface area contributed by atoms with E-state index < -0.39 is 52.8 Å². The second-order valence-electron chi connectivity index (χ2n) is 19.6. The molecule has 0 aliphatic rings. The van der Waals surface area contributed by atoms with E-state index in [9.17, 15) is 40.7 Å². The fourth-order valence-electron chi connectivity index (χ4n) is 7.90. The van der Waals surface area contributed by atoms with E-state index in [1.807, 2.05) is 74.8 Å². The van der Waals surface area contributed by atoms with Crippen LogP contribution in [0, 0.1) is 86.9 Å². The van der Waals surface area contributed by atoms with Crippen molar-refractivity contribution in [1.29, 1.82) is 0 Å². The minimum absolute atomic E-state index is 0. The van der Waals surface area contributed by atoms with Crippen LogP contribution in [0.15, 0.2) is 176 Å². The number of benzene rings is 5. The number of fused-ring (bicyclic) bond motifs is 1. The predicted octanol–water partition coefficient (Wildman–Crippen LogP) is 13.5. The maximum atomic E-state index is 13.5. The molecule has 27 heteroatoms. The molecule has 12 rings (SSSR count). The minimum Gasteiger partial charge on any atom is -0.476 e. The molecule has 0 atom stereocenters. The summed E-state index contributed by atoms with van der Waals surface area (Å²) in [5.41, 5.74) is 8.75. The fourth-order valence-corrected chi connectivity index (χ4v) is 7.90. The zero-order valence-electron chi connectivity index (χ0n) is 52.1. The number of rotatable bonds is 9. The Bertz CT molecular complexity index is 4260. The molecule has 12 aromatic rings. The number of nitrogens with one attached hydrogen (secondary N) is 1.